The van der Waals surface area contributed by atoms with Crippen LogP contribution >= 0.6 is 14.3 Å². The highest BCUT2D eigenvalue weighted by molar-refractivity contribution is 8.27. The molecule has 0 aromatic heterocycles. The van der Waals surface area contributed by atoms with Crippen molar-refractivity contribution in [1.29, 1.82) is 0 Å². The standard InChI is InChI=1S/C6H14O6P2/c1-6(3-4-7)5-12-14(10,11)13(2,8)9/h3,7H,4-5H2,1-2H3,(H,8,9)(H,10,11)/p-2/b6-3-. The summed E-state index contributed by atoms with van der Waals surface area (Å²) < 4.78 is 25.8. The largest absolute Gasteiger partial charge is 0.793 e. The molecule has 0 saturated heterocycles. The third kappa shape index (κ3) is 4.51. The molecular weight excluding hydrogens is 230 g/mol. The number of hydrogen-bond donors (Lipinski definition) is 1. The molecule has 8 heteroatoms. The quantitative estimate of drug-likeness (QED) is 0.522. The molecule has 0 aliphatic rings. The second-order valence-corrected chi connectivity index (χ2v) is 9.23. The van der Waals surface area contributed by atoms with Crippen LogP contribution in [-0.2, 0) is 13.7 Å². The van der Waals surface area contributed by atoms with Crippen molar-refractivity contribution >= 4 is 14.3 Å². The fraction of sp³-hybridized carbons (Fsp3) is 0.667. The molecule has 6 nitrogen and oxygen atoms in total. The Balaban J connectivity index is 4.35. The number of rotatable bonds is 5. The summed E-state index contributed by atoms with van der Waals surface area (Å²) in [4.78, 5) is 21.6. The Morgan fingerprint density at radius 1 is 1.50 bits per heavy atom. The molecule has 84 valence electrons. The summed E-state index contributed by atoms with van der Waals surface area (Å²) in [5.41, 5.74) is 0.442. The van der Waals surface area contributed by atoms with Gasteiger partial charge in [-0.05, 0) is 19.2 Å². The predicted molar refractivity (Wildman–Crippen MR) is 47.9 cm³/mol. The lowest BCUT2D eigenvalue weighted by molar-refractivity contribution is -0.209. The lowest BCUT2D eigenvalue weighted by Crippen LogP contribution is -2.12. The molecule has 1 N–H and O–H groups in total. The van der Waals surface area contributed by atoms with Crippen molar-refractivity contribution in [1.82, 2.24) is 0 Å². The molecule has 14 heavy (non-hydrogen) atoms. The molecule has 0 fully saturated rings. The summed E-state index contributed by atoms with van der Waals surface area (Å²) in [7, 11) is -9.33. The second kappa shape index (κ2) is 5.21. The molecular formula is C6H12O6P2-2. The Hall–Kier alpha value is 0.0400. The SMILES string of the molecule is C/C(=C/CO)COP(=O)([O-])P(C)(=O)[O-]. The zero-order valence-corrected chi connectivity index (χ0v) is 9.66. The Bertz CT molecular complexity index is 303. The fourth-order valence-electron chi connectivity index (χ4n) is 0.503. The first-order valence-electron chi connectivity index (χ1n) is 3.72. The third-order valence-corrected chi connectivity index (χ3v) is 5.70. The molecule has 0 heterocycles. The first-order chi connectivity index (χ1) is 6.20. The summed E-state index contributed by atoms with van der Waals surface area (Å²) in [6, 6.07) is 0. The minimum Gasteiger partial charge on any atom is -0.793 e. The Morgan fingerprint density at radius 2 is 2.00 bits per heavy atom. The topological polar surface area (TPSA) is 110 Å². The zero-order chi connectivity index (χ0) is 11.4. The molecule has 0 bridgehead atoms. The third-order valence-electron chi connectivity index (χ3n) is 1.34. The van der Waals surface area contributed by atoms with Crippen LogP contribution in [0.1, 0.15) is 6.92 Å². The summed E-state index contributed by atoms with van der Waals surface area (Å²) >= 11 is 0. The van der Waals surface area contributed by atoms with Crippen LogP contribution in [0.3, 0.4) is 0 Å². The van der Waals surface area contributed by atoms with Crippen molar-refractivity contribution < 1.29 is 28.5 Å². The molecule has 2 atom stereocenters. The van der Waals surface area contributed by atoms with Crippen LogP contribution in [0.2, 0.25) is 0 Å². The minimum absolute atomic E-state index is 0.250. The van der Waals surface area contributed by atoms with Crippen LogP contribution in [0.25, 0.3) is 0 Å². The summed E-state index contributed by atoms with van der Waals surface area (Å²) in [5.74, 6) is 0. The molecule has 0 aliphatic carbocycles. The van der Waals surface area contributed by atoms with Gasteiger partial charge in [0.2, 0.25) is 0 Å². The average Bonchev–Trinajstić information content (AvgIpc) is 1.99. The van der Waals surface area contributed by atoms with Crippen molar-refractivity contribution in [2.75, 3.05) is 19.9 Å². The molecule has 0 radical (unpaired) electrons. The summed E-state index contributed by atoms with van der Waals surface area (Å²) in [5, 5.41) is 8.43. The average molecular weight is 242 g/mol. The highest BCUT2D eigenvalue weighted by atomic mass is 32.1. The smallest absolute Gasteiger partial charge is 0.179 e. The van der Waals surface area contributed by atoms with E-state index in [2.05, 4.69) is 4.52 Å². The van der Waals surface area contributed by atoms with E-state index in [9.17, 15) is 18.9 Å². The van der Waals surface area contributed by atoms with E-state index in [1.807, 2.05) is 0 Å². The summed E-state index contributed by atoms with van der Waals surface area (Å²) in [6.07, 6.45) is 1.32. The van der Waals surface area contributed by atoms with E-state index in [1.165, 1.54) is 13.0 Å². The highest BCUT2D eigenvalue weighted by Crippen LogP contribution is 2.69. The van der Waals surface area contributed by atoms with Crippen molar-refractivity contribution in [3.8, 4) is 0 Å². The zero-order valence-electron chi connectivity index (χ0n) is 7.87. The molecule has 0 rings (SSSR count). The number of hydrogen-bond acceptors (Lipinski definition) is 6. The van der Waals surface area contributed by atoms with Crippen LogP contribution in [0, 0.1) is 0 Å². The van der Waals surface area contributed by atoms with Gasteiger partial charge in [-0.3, -0.25) is 0 Å². The van der Waals surface area contributed by atoms with Crippen LogP contribution < -0.4 is 9.79 Å². The van der Waals surface area contributed by atoms with Gasteiger partial charge in [0.05, 0.1) is 20.3 Å². The van der Waals surface area contributed by atoms with Crippen molar-refractivity contribution in [2.24, 2.45) is 0 Å². The summed E-state index contributed by atoms with van der Waals surface area (Å²) in [6.45, 7) is 1.49. The van der Waals surface area contributed by atoms with Gasteiger partial charge in [-0.15, -0.1) is 0 Å². The normalized spacial score (nSPS) is 21.4. The van der Waals surface area contributed by atoms with Gasteiger partial charge in [0.15, 0.2) is 7.28 Å². The van der Waals surface area contributed by atoms with E-state index in [0.717, 1.165) is 0 Å². The fourth-order valence-corrected chi connectivity index (χ4v) is 1.88. The Morgan fingerprint density at radius 3 is 2.36 bits per heavy atom. The van der Waals surface area contributed by atoms with Crippen LogP contribution in [0.5, 0.6) is 0 Å². The van der Waals surface area contributed by atoms with Gasteiger partial charge in [0.1, 0.15) is 0 Å². The Kier molecular flexibility index (Phi) is 5.23. The lowest BCUT2D eigenvalue weighted by atomic mass is 10.3. The van der Waals surface area contributed by atoms with Gasteiger partial charge in [-0.2, -0.15) is 0 Å². The molecule has 0 amide bonds. The van der Waals surface area contributed by atoms with Gasteiger partial charge >= 0.3 is 0 Å². The van der Waals surface area contributed by atoms with E-state index < -0.39 is 14.3 Å². The molecule has 0 aromatic carbocycles. The van der Waals surface area contributed by atoms with Gasteiger partial charge in [-0.25, -0.2) is 0 Å². The lowest BCUT2D eigenvalue weighted by Gasteiger charge is -2.33. The van der Waals surface area contributed by atoms with Crippen LogP contribution in [0.15, 0.2) is 11.6 Å². The first kappa shape index (κ1) is 14.0. The van der Waals surface area contributed by atoms with Crippen molar-refractivity contribution in [3.05, 3.63) is 11.6 Å². The van der Waals surface area contributed by atoms with Crippen LogP contribution in [0.4, 0.5) is 0 Å². The van der Waals surface area contributed by atoms with Gasteiger partial charge < -0.3 is 28.5 Å². The minimum atomic E-state index is -4.83. The monoisotopic (exact) mass is 242 g/mol. The van der Waals surface area contributed by atoms with Crippen LogP contribution in [-0.4, -0.2) is 25.0 Å². The van der Waals surface area contributed by atoms with E-state index in [1.54, 1.807) is 0 Å². The maximum absolute atomic E-state index is 10.9. The van der Waals surface area contributed by atoms with E-state index in [-0.39, 0.29) is 13.2 Å². The molecule has 2 unspecified atom stereocenters. The maximum atomic E-state index is 10.9. The second-order valence-electron chi connectivity index (χ2n) is 2.78. The van der Waals surface area contributed by atoms with Gasteiger partial charge in [0, 0.05) is 0 Å². The molecule has 0 saturated carbocycles. The van der Waals surface area contributed by atoms with Gasteiger partial charge in [-0.1, -0.05) is 6.08 Å². The highest BCUT2D eigenvalue weighted by Gasteiger charge is 2.18. The van der Waals surface area contributed by atoms with Crippen molar-refractivity contribution in [3.63, 3.8) is 0 Å². The predicted octanol–water partition coefficient (Wildman–Crippen LogP) is -0.322. The number of aliphatic hydroxyl groups is 1. The molecule has 0 aromatic rings. The number of aliphatic hydroxyl groups excluding tert-OH is 1. The molecule has 0 spiro atoms. The van der Waals surface area contributed by atoms with Crippen molar-refractivity contribution in [2.45, 2.75) is 6.92 Å². The Labute approximate surface area is 82.1 Å². The van der Waals surface area contributed by atoms with E-state index in [0.29, 0.717) is 12.2 Å². The maximum Gasteiger partial charge on any atom is 0.179 e. The van der Waals surface area contributed by atoms with E-state index in [4.69, 9.17) is 5.11 Å². The first-order valence-corrected chi connectivity index (χ1v) is 8.04. The molecule has 0 aliphatic heterocycles. The van der Waals surface area contributed by atoms with E-state index >= 15 is 0 Å². The van der Waals surface area contributed by atoms with Gasteiger partial charge in [0.25, 0.3) is 0 Å².